The molecule has 2 heterocycles. The number of hydrogen-bond donors (Lipinski definition) is 2. The van der Waals surface area contributed by atoms with E-state index in [2.05, 4.69) is 426 Å². The molecule has 117 heavy (non-hydrogen) atoms. The molecule has 1 aliphatic rings. The van der Waals surface area contributed by atoms with Crippen molar-refractivity contribution >= 4 is 32.4 Å². The van der Waals surface area contributed by atoms with Gasteiger partial charge in [0.1, 0.15) is 0 Å². The van der Waals surface area contributed by atoms with Crippen molar-refractivity contribution in [3.8, 4) is 22.3 Å². The molecule has 1 fully saturated rings. The Hall–Kier alpha value is -9.31. The van der Waals surface area contributed by atoms with E-state index in [-0.39, 0.29) is 0 Å². The van der Waals surface area contributed by atoms with Gasteiger partial charge in [0.15, 0.2) is 0 Å². The quantitative estimate of drug-likeness (QED) is 0.0622. The van der Waals surface area contributed by atoms with Crippen LogP contribution >= 0.6 is 0 Å². The van der Waals surface area contributed by atoms with Crippen LogP contribution in [-0.2, 0) is 51.4 Å². The van der Waals surface area contributed by atoms with Gasteiger partial charge >= 0.3 is 0 Å². The molecule has 2 aromatic heterocycles. The number of rotatable bonds is 24. The van der Waals surface area contributed by atoms with Crippen molar-refractivity contribution in [3.05, 3.63) is 342 Å². The summed E-state index contributed by atoms with van der Waals surface area (Å²) < 4.78 is 0. The Morgan fingerprint density at radius 3 is 1.19 bits per heavy atom. The predicted molar refractivity (Wildman–Crippen MR) is 519 cm³/mol. The number of H-pyrrole nitrogens is 2. The Morgan fingerprint density at radius 2 is 0.701 bits per heavy atom. The van der Waals surface area contributed by atoms with Crippen molar-refractivity contribution in [2.45, 2.75) is 247 Å². The number of fused-ring (bicyclic) bond motifs is 3. The van der Waals surface area contributed by atoms with Gasteiger partial charge in [-0.15, -0.1) is 0 Å². The second kappa shape index (κ2) is 55.4. The predicted octanol–water partition coefficient (Wildman–Crippen LogP) is 33.4. The molecule has 0 saturated heterocycles. The highest BCUT2D eigenvalue weighted by molar-refractivity contribution is 5.86. The number of nitrogens with zero attached hydrogens (tertiary/aromatic N) is 1. The first-order valence-electron chi connectivity index (χ1n) is 45.2. The summed E-state index contributed by atoms with van der Waals surface area (Å²) in [5, 5.41) is 6.83. The molecule has 624 valence electrons. The van der Waals surface area contributed by atoms with E-state index in [0.29, 0.717) is 5.92 Å². The molecule has 2 N–H and O–H groups in total. The van der Waals surface area contributed by atoms with Crippen molar-refractivity contribution in [2.24, 2.45) is 59.2 Å². The van der Waals surface area contributed by atoms with E-state index >= 15 is 0 Å². The number of hydrogen-bond acceptors (Lipinski definition) is 1. The molecule has 14 rings (SSSR count). The molecule has 3 heteroatoms. The Bertz CT molecular complexity index is 4600. The van der Waals surface area contributed by atoms with Crippen LogP contribution in [0.3, 0.4) is 0 Å². The molecule has 0 unspecified atom stereocenters. The average molecular weight is 1570 g/mol. The maximum absolute atomic E-state index is 3.92. The molecule has 0 bridgehead atoms. The van der Waals surface area contributed by atoms with Gasteiger partial charge in [-0.1, -0.05) is 429 Å². The van der Waals surface area contributed by atoms with Gasteiger partial charge in [0.2, 0.25) is 0 Å². The van der Waals surface area contributed by atoms with Crippen LogP contribution in [-0.4, -0.2) is 15.0 Å². The van der Waals surface area contributed by atoms with E-state index in [0.717, 1.165) is 72.5 Å². The zero-order valence-corrected chi connectivity index (χ0v) is 76.2. The number of aromatic amines is 2. The van der Waals surface area contributed by atoms with E-state index in [1.165, 1.54) is 201 Å². The molecule has 1 saturated carbocycles. The van der Waals surface area contributed by atoms with Gasteiger partial charge in [0.05, 0.1) is 6.33 Å². The molecule has 1 aliphatic carbocycles. The third-order valence-electron chi connectivity index (χ3n) is 21.1. The molecule has 11 aromatic carbocycles. The maximum atomic E-state index is 3.92. The fraction of sp³-hybridized carbons (Fsp3) is 0.412. The Morgan fingerprint density at radius 1 is 0.299 bits per heavy atom. The molecular weight excluding hydrogens is 1410 g/mol. The van der Waals surface area contributed by atoms with E-state index in [9.17, 15) is 0 Å². The normalized spacial score (nSPS) is 11.8. The zero-order valence-electron chi connectivity index (χ0n) is 76.2. The highest BCUT2D eigenvalue weighted by Crippen LogP contribution is 2.30. The highest BCUT2D eigenvalue weighted by Gasteiger charge is 2.14. The summed E-state index contributed by atoms with van der Waals surface area (Å²) in [7, 11) is 0. The van der Waals surface area contributed by atoms with E-state index in [4.69, 9.17) is 0 Å². The minimum atomic E-state index is 0.713. The topological polar surface area (TPSA) is 44.5 Å². The van der Waals surface area contributed by atoms with Gasteiger partial charge in [0.25, 0.3) is 0 Å². The van der Waals surface area contributed by atoms with Crippen molar-refractivity contribution in [3.63, 3.8) is 0 Å². The lowest BCUT2D eigenvalue weighted by atomic mass is 9.84. The molecule has 13 aromatic rings. The van der Waals surface area contributed by atoms with Gasteiger partial charge in [-0.2, -0.15) is 0 Å². The number of aryl methyl sites for hydroxylation is 5. The minimum absolute atomic E-state index is 0.713. The summed E-state index contributed by atoms with van der Waals surface area (Å²) in [6, 6.07) is 97.5. The van der Waals surface area contributed by atoms with Crippen LogP contribution in [0.5, 0.6) is 0 Å². The first kappa shape index (κ1) is 96.5. The van der Waals surface area contributed by atoms with Crippen molar-refractivity contribution in [2.75, 3.05) is 0 Å². The molecule has 0 aliphatic heterocycles. The average Bonchev–Trinajstić information content (AvgIpc) is 1.80. The van der Waals surface area contributed by atoms with Gasteiger partial charge < -0.3 is 9.97 Å². The fourth-order valence-corrected chi connectivity index (χ4v) is 14.6. The monoisotopic (exact) mass is 1560 g/mol. The number of aromatic nitrogens is 3. The van der Waals surface area contributed by atoms with Gasteiger partial charge in [-0.05, 0) is 238 Å². The maximum Gasteiger partial charge on any atom is 0.0921 e. The molecular formula is C114H153N3. The number of benzene rings is 11. The van der Waals surface area contributed by atoms with Gasteiger partial charge in [-0.3, -0.25) is 0 Å². The minimum Gasteiger partial charge on any atom is -0.361 e. The first-order chi connectivity index (χ1) is 56.3. The van der Waals surface area contributed by atoms with E-state index in [1.54, 1.807) is 6.33 Å². The number of nitrogens with one attached hydrogen (secondary N) is 2. The molecule has 0 radical (unpaired) electrons. The number of imidazole rings is 1. The second-order valence-electron chi connectivity index (χ2n) is 36.6. The molecule has 3 nitrogen and oxygen atoms in total. The standard InChI is InChI=1S/C17H20.C16H18.C15H18.C14H16.C12H15N.C12H18.C11H16.C10H20.C7H12N2/c1-14(2)8-9-15-10-12-17(13-11-15)16-6-4-3-5-7-16;1-13(2)12-14-8-10-16(11-9-14)15-6-4-3-5-7-15;1-12(2)7-8-13-9-10-14-5-3-4-6-15(14)11-13;1-11(2)10-13-8-5-7-12-6-3-4-9-14(12)13;1-9(2)7-10-8-13-12-6-4-3-5-11(10)12;1-10(2)4-7-12-8-5-11(3)6-9-12;1-10(2)8-9-11-6-4-3-5-7-11;1-9(2)8-10-6-4-3-5-7-10;1-6(2)3-7-4-8-5-9-7/h3-7,10-14H,8-9H2,1-2H3;3-11,13H,12H2,1-2H3;3-6,9-12H,7-8H2,1-2H3;3-9,11H,10H2,1-2H3;3-6,8-9,13H,7H2,1-2H3;5-6,8-10H,4,7H2,1-3H3;3-7,10H,8-9H2,1-2H3;9-10H,3-8H2,1-2H3;4-6H,3H2,1-2H3,(H,8,9). The third-order valence-corrected chi connectivity index (χ3v) is 21.1. The molecule has 0 amide bonds. The van der Waals surface area contributed by atoms with Crippen molar-refractivity contribution in [1.82, 2.24) is 15.0 Å². The Labute approximate surface area is 713 Å². The van der Waals surface area contributed by atoms with Gasteiger partial charge in [-0.25, -0.2) is 4.98 Å². The lowest BCUT2D eigenvalue weighted by molar-refractivity contribution is 0.305. The second-order valence-corrected chi connectivity index (χ2v) is 36.6. The zero-order chi connectivity index (χ0) is 84.5. The molecule has 0 spiro atoms. The summed E-state index contributed by atoms with van der Waals surface area (Å²) in [4.78, 5) is 10.3. The largest absolute Gasteiger partial charge is 0.361 e. The van der Waals surface area contributed by atoms with Crippen molar-refractivity contribution < 1.29 is 0 Å². The van der Waals surface area contributed by atoms with E-state index < -0.39 is 0 Å². The lowest BCUT2D eigenvalue weighted by Crippen LogP contribution is -2.08. The Balaban J connectivity index is 0.000000206. The van der Waals surface area contributed by atoms with Crippen LogP contribution in [0.15, 0.2) is 292 Å². The van der Waals surface area contributed by atoms with Crippen LogP contribution in [0.2, 0.25) is 0 Å². The first-order valence-corrected chi connectivity index (χ1v) is 45.2. The third kappa shape index (κ3) is 41.1. The smallest absolute Gasteiger partial charge is 0.0921 e. The van der Waals surface area contributed by atoms with Crippen LogP contribution in [0, 0.1) is 66.1 Å². The van der Waals surface area contributed by atoms with Crippen LogP contribution in [0.1, 0.15) is 239 Å². The molecule has 0 atom stereocenters. The summed E-state index contributed by atoms with van der Waals surface area (Å²) in [6.45, 7) is 42.9. The summed E-state index contributed by atoms with van der Waals surface area (Å²) in [5.74, 6) is 8.08. The van der Waals surface area contributed by atoms with E-state index in [1.807, 2.05) is 6.20 Å². The summed E-state index contributed by atoms with van der Waals surface area (Å²) in [6.07, 6.45) is 29.3. The summed E-state index contributed by atoms with van der Waals surface area (Å²) >= 11 is 0. The SMILES string of the molecule is CC(C)CC1CCCCC1.CC(C)CCc1ccc(-c2ccccc2)cc1.CC(C)CCc1ccc2ccccc2c1.CC(C)CCc1ccccc1.CC(C)Cc1c[nH]c2ccccc12.CC(C)Cc1ccc(-c2ccccc2)cc1.CC(C)Cc1cccc2ccccc12.CC(C)Cc1cnc[nH]1.Cc1ccc(CCC(C)C)cc1. The lowest BCUT2D eigenvalue weighted by Gasteiger charge is -2.22. The summed E-state index contributed by atoms with van der Waals surface area (Å²) in [5.41, 5.74) is 19.2. The number of para-hydroxylation sites is 1. The van der Waals surface area contributed by atoms with Crippen LogP contribution in [0.4, 0.5) is 0 Å². The van der Waals surface area contributed by atoms with Crippen molar-refractivity contribution in [1.29, 1.82) is 0 Å². The Kier molecular flexibility index (Phi) is 45.7. The fourth-order valence-electron chi connectivity index (χ4n) is 14.6. The van der Waals surface area contributed by atoms with Crippen LogP contribution in [0.25, 0.3) is 54.7 Å². The van der Waals surface area contributed by atoms with Crippen LogP contribution < -0.4 is 0 Å². The van der Waals surface area contributed by atoms with Gasteiger partial charge in [0, 0.05) is 29.0 Å². The highest BCUT2D eigenvalue weighted by atomic mass is 14.9.